The monoisotopic (exact) mass is 389 g/mol. The predicted octanol–water partition coefficient (Wildman–Crippen LogP) is 2.00. The van der Waals surface area contributed by atoms with Gasteiger partial charge in [0.15, 0.2) is 5.58 Å². The summed E-state index contributed by atoms with van der Waals surface area (Å²) in [5.41, 5.74) is 2.70. The molecule has 3 aromatic heterocycles. The number of hydrogen-bond donors (Lipinski definition) is 0. The highest BCUT2D eigenvalue weighted by Gasteiger charge is 2.27. The van der Waals surface area contributed by atoms with E-state index in [1.807, 2.05) is 48.7 Å². The van der Waals surface area contributed by atoms with Gasteiger partial charge in [-0.25, -0.2) is 4.52 Å². The minimum Gasteiger partial charge on any atom is -0.356 e. The molecule has 1 aliphatic heterocycles. The van der Waals surface area contributed by atoms with Gasteiger partial charge in [0.25, 0.3) is 5.91 Å². The van der Waals surface area contributed by atoms with Crippen molar-refractivity contribution in [2.75, 3.05) is 26.2 Å². The van der Waals surface area contributed by atoms with Gasteiger partial charge >= 0.3 is 0 Å². The van der Waals surface area contributed by atoms with Gasteiger partial charge in [-0.2, -0.15) is 5.10 Å². The van der Waals surface area contributed by atoms with Crippen LogP contribution >= 0.6 is 0 Å². The number of rotatable bonds is 3. The highest BCUT2D eigenvalue weighted by molar-refractivity contribution is 6.00. The van der Waals surface area contributed by atoms with Gasteiger partial charge in [-0.05, 0) is 24.3 Å². The van der Waals surface area contributed by atoms with E-state index >= 15 is 0 Å². The molecule has 0 aliphatic carbocycles. The molecule has 1 aliphatic rings. The second-order valence-electron chi connectivity index (χ2n) is 7.06. The minimum absolute atomic E-state index is 0.00728. The van der Waals surface area contributed by atoms with E-state index in [-0.39, 0.29) is 18.2 Å². The lowest BCUT2D eigenvalue weighted by molar-refractivity contribution is -0.132. The second kappa shape index (κ2) is 7.05. The zero-order valence-corrected chi connectivity index (χ0v) is 15.7. The molecule has 146 valence electrons. The largest absolute Gasteiger partial charge is 0.356 e. The molecule has 8 heteroatoms. The molecule has 0 N–H and O–H groups in total. The number of pyridine rings is 1. The number of amides is 2. The Morgan fingerprint density at radius 3 is 2.59 bits per heavy atom. The zero-order chi connectivity index (χ0) is 19.8. The molecule has 1 saturated heterocycles. The lowest BCUT2D eigenvalue weighted by atomic mass is 10.1. The summed E-state index contributed by atoms with van der Waals surface area (Å²) < 4.78 is 6.97. The summed E-state index contributed by atoms with van der Waals surface area (Å²) in [6.45, 7) is 1.99. The van der Waals surface area contributed by atoms with Crippen molar-refractivity contribution < 1.29 is 14.1 Å². The number of hydrogen-bond acceptors (Lipinski definition) is 5. The van der Waals surface area contributed by atoms with Crippen molar-refractivity contribution >= 4 is 28.3 Å². The first kappa shape index (κ1) is 17.4. The van der Waals surface area contributed by atoms with E-state index in [1.165, 1.54) is 0 Å². The van der Waals surface area contributed by atoms with Gasteiger partial charge in [-0.1, -0.05) is 23.4 Å². The number of piperazine rings is 1. The molecule has 0 spiro atoms. The fourth-order valence-corrected chi connectivity index (χ4v) is 3.75. The molecule has 29 heavy (non-hydrogen) atoms. The molecule has 0 bridgehead atoms. The van der Waals surface area contributed by atoms with E-state index in [9.17, 15) is 9.59 Å². The van der Waals surface area contributed by atoms with Crippen LogP contribution in [0, 0.1) is 0 Å². The van der Waals surface area contributed by atoms with Gasteiger partial charge in [0.05, 0.1) is 23.7 Å². The third-order valence-electron chi connectivity index (χ3n) is 5.35. The number of aromatic nitrogens is 3. The molecule has 4 heterocycles. The van der Waals surface area contributed by atoms with Gasteiger partial charge in [0.2, 0.25) is 5.91 Å². The maximum Gasteiger partial charge on any atom is 0.257 e. The van der Waals surface area contributed by atoms with Crippen LogP contribution in [0.3, 0.4) is 0 Å². The number of nitrogens with zero attached hydrogens (tertiary/aromatic N) is 5. The molecule has 1 aromatic carbocycles. The van der Waals surface area contributed by atoms with Crippen LogP contribution in [0.1, 0.15) is 16.1 Å². The molecule has 0 unspecified atom stereocenters. The van der Waals surface area contributed by atoms with Crippen LogP contribution in [0.15, 0.2) is 59.4 Å². The lowest BCUT2D eigenvalue weighted by Crippen LogP contribution is -2.51. The lowest BCUT2D eigenvalue weighted by Gasteiger charge is -2.34. The van der Waals surface area contributed by atoms with Crippen LogP contribution in [0.5, 0.6) is 0 Å². The summed E-state index contributed by atoms with van der Waals surface area (Å²) in [5, 5.41) is 9.14. The van der Waals surface area contributed by atoms with Gasteiger partial charge in [0, 0.05) is 37.8 Å². The van der Waals surface area contributed by atoms with Crippen molar-refractivity contribution in [2.24, 2.45) is 0 Å². The van der Waals surface area contributed by atoms with Gasteiger partial charge in [-0.15, -0.1) is 0 Å². The summed E-state index contributed by atoms with van der Waals surface area (Å²) in [7, 11) is 0. The summed E-state index contributed by atoms with van der Waals surface area (Å²) in [6.07, 6.45) is 3.61. The van der Waals surface area contributed by atoms with E-state index < -0.39 is 0 Å². The van der Waals surface area contributed by atoms with Crippen LogP contribution in [0.2, 0.25) is 0 Å². The Kier molecular flexibility index (Phi) is 4.23. The standard InChI is InChI=1S/C21H19N5O3/c27-20(13-17-15-5-1-2-7-19(15)29-23-17)24-9-11-25(12-10-24)21(28)16-14-22-26-8-4-3-6-18(16)26/h1-8,14H,9-13H2. The minimum atomic E-state index is -0.0548. The van der Waals surface area contributed by atoms with Crippen molar-refractivity contribution in [3.8, 4) is 0 Å². The van der Waals surface area contributed by atoms with Crippen LogP contribution in [0.25, 0.3) is 16.5 Å². The molecule has 0 saturated carbocycles. The Labute approximate surface area is 166 Å². The van der Waals surface area contributed by atoms with Crippen LogP contribution in [-0.4, -0.2) is 62.6 Å². The summed E-state index contributed by atoms with van der Waals surface area (Å²) in [5.74, 6) is -0.0621. The predicted molar refractivity (Wildman–Crippen MR) is 105 cm³/mol. The maximum absolute atomic E-state index is 12.9. The Hall–Kier alpha value is -3.68. The van der Waals surface area contributed by atoms with Gasteiger partial charge < -0.3 is 14.3 Å². The first-order valence-corrected chi connectivity index (χ1v) is 9.53. The Bertz CT molecular complexity index is 1200. The number of fused-ring (bicyclic) bond motifs is 2. The molecular formula is C21H19N5O3. The average Bonchev–Trinajstić information content (AvgIpc) is 3.38. The number of para-hydroxylation sites is 1. The van der Waals surface area contributed by atoms with Crippen molar-refractivity contribution in [1.82, 2.24) is 24.6 Å². The highest BCUT2D eigenvalue weighted by atomic mass is 16.5. The number of carbonyl (C=O) groups excluding carboxylic acids is 2. The molecule has 1 fully saturated rings. The van der Waals surface area contributed by atoms with Crippen LogP contribution in [-0.2, 0) is 11.2 Å². The maximum atomic E-state index is 12.9. The molecule has 0 radical (unpaired) electrons. The second-order valence-corrected chi connectivity index (χ2v) is 7.06. The van der Waals surface area contributed by atoms with Crippen molar-refractivity contribution in [3.63, 3.8) is 0 Å². The van der Waals surface area contributed by atoms with Crippen molar-refractivity contribution in [1.29, 1.82) is 0 Å². The summed E-state index contributed by atoms with van der Waals surface area (Å²) in [6, 6.07) is 13.1. The van der Waals surface area contributed by atoms with E-state index in [0.29, 0.717) is 43.0 Å². The zero-order valence-electron chi connectivity index (χ0n) is 15.7. The molecule has 8 nitrogen and oxygen atoms in total. The average molecular weight is 389 g/mol. The SMILES string of the molecule is O=C(Cc1noc2ccccc12)N1CCN(C(=O)c2cnn3ccccc23)CC1. The van der Waals surface area contributed by atoms with E-state index in [2.05, 4.69) is 10.3 Å². The number of benzene rings is 1. The summed E-state index contributed by atoms with van der Waals surface area (Å²) in [4.78, 5) is 29.2. The van der Waals surface area contributed by atoms with E-state index in [4.69, 9.17) is 4.52 Å². The molecule has 5 rings (SSSR count). The Morgan fingerprint density at radius 2 is 1.72 bits per heavy atom. The Morgan fingerprint density at radius 1 is 0.966 bits per heavy atom. The highest BCUT2D eigenvalue weighted by Crippen LogP contribution is 2.19. The third-order valence-corrected chi connectivity index (χ3v) is 5.35. The quantitative estimate of drug-likeness (QED) is 0.535. The summed E-state index contributed by atoms with van der Waals surface area (Å²) >= 11 is 0. The van der Waals surface area contributed by atoms with Gasteiger partial charge in [-0.3, -0.25) is 9.59 Å². The van der Waals surface area contributed by atoms with Crippen molar-refractivity contribution in [3.05, 3.63) is 66.1 Å². The normalized spacial score (nSPS) is 14.6. The first-order chi connectivity index (χ1) is 14.2. The topological polar surface area (TPSA) is 84.0 Å². The molecule has 2 amide bonds. The molecule has 4 aromatic rings. The van der Waals surface area contributed by atoms with E-state index in [0.717, 1.165) is 10.9 Å². The number of carbonyl (C=O) groups is 2. The van der Waals surface area contributed by atoms with Crippen LogP contribution < -0.4 is 0 Å². The fraction of sp³-hybridized carbons (Fsp3) is 0.238. The Balaban J connectivity index is 1.24. The molecular weight excluding hydrogens is 370 g/mol. The third kappa shape index (κ3) is 3.12. The van der Waals surface area contributed by atoms with E-state index in [1.54, 1.807) is 20.5 Å². The smallest absolute Gasteiger partial charge is 0.257 e. The fourth-order valence-electron chi connectivity index (χ4n) is 3.75. The molecule has 0 atom stereocenters. The van der Waals surface area contributed by atoms with Gasteiger partial charge in [0.1, 0.15) is 5.69 Å². The van der Waals surface area contributed by atoms with Crippen LogP contribution in [0.4, 0.5) is 0 Å². The first-order valence-electron chi connectivity index (χ1n) is 9.53. The van der Waals surface area contributed by atoms with Crippen molar-refractivity contribution in [2.45, 2.75) is 6.42 Å².